The van der Waals surface area contributed by atoms with Gasteiger partial charge in [-0.3, -0.25) is 4.79 Å². The second kappa shape index (κ2) is 8.85. The molecule has 1 aliphatic heterocycles. The summed E-state index contributed by atoms with van der Waals surface area (Å²) in [6.45, 7) is 14.8. The minimum atomic E-state index is -0.466. The number of hydrogen-bond acceptors (Lipinski definition) is 6. The zero-order valence-corrected chi connectivity index (χ0v) is 18.2. The lowest BCUT2D eigenvalue weighted by Crippen LogP contribution is -2.41. The van der Waals surface area contributed by atoms with Crippen molar-refractivity contribution in [1.29, 1.82) is 0 Å². The lowest BCUT2D eigenvalue weighted by Gasteiger charge is -2.32. The van der Waals surface area contributed by atoms with Crippen LogP contribution in [0.5, 0.6) is 5.75 Å². The fourth-order valence-electron chi connectivity index (χ4n) is 2.57. The fraction of sp³-hybridized carbons (Fsp3) is 0.667. The van der Waals surface area contributed by atoms with E-state index in [0.29, 0.717) is 19.8 Å². The molecule has 6 nitrogen and oxygen atoms in total. The summed E-state index contributed by atoms with van der Waals surface area (Å²) in [4.78, 5) is 11.6. The van der Waals surface area contributed by atoms with Crippen LogP contribution in [0.3, 0.4) is 0 Å². The molecule has 1 heterocycles. The molecule has 28 heavy (non-hydrogen) atoms. The summed E-state index contributed by atoms with van der Waals surface area (Å²) in [6.07, 6.45) is 0.236. The Morgan fingerprint density at radius 2 is 1.54 bits per heavy atom. The maximum absolute atomic E-state index is 11.6. The quantitative estimate of drug-likeness (QED) is 0.385. The summed E-state index contributed by atoms with van der Waals surface area (Å²) in [7, 11) is -0.379. The summed E-state index contributed by atoms with van der Waals surface area (Å²) in [5, 5.41) is 0. The van der Waals surface area contributed by atoms with Gasteiger partial charge in [-0.1, -0.05) is 12.1 Å². The average molecular weight is 392 g/mol. The predicted molar refractivity (Wildman–Crippen MR) is 109 cm³/mol. The fourth-order valence-corrected chi connectivity index (χ4v) is 2.57. The first-order valence-electron chi connectivity index (χ1n) is 9.78. The Morgan fingerprint density at radius 1 is 0.964 bits per heavy atom. The van der Waals surface area contributed by atoms with Crippen molar-refractivity contribution < 1.29 is 28.3 Å². The highest BCUT2D eigenvalue weighted by Gasteiger charge is 2.51. The van der Waals surface area contributed by atoms with Crippen LogP contribution in [-0.4, -0.2) is 49.7 Å². The summed E-state index contributed by atoms with van der Waals surface area (Å²) >= 11 is 0. The number of benzene rings is 1. The van der Waals surface area contributed by atoms with Crippen molar-refractivity contribution in [3.8, 4) is 5.75 Å². The molecule has 0 aliphatic carbocycles. The largest absolute Gasteiger partial charge is 0.494 e. The van der Waals surface area contributed by atoms with Crippen LogP contribution in [0.25, 0.3) is 0 Å². The number of carbonyl (C=O) groups excluding carboxylic acids is 1. The van der Waals surface area contributed by atoms with E-state index in [1.165, 1.54) is 0 Å². The van der Waals surface area contributed by atoms with Crippen LogP contribution >= 0.6 is 0 Å². The summed E-state index contributed by atoms with van der Waals surface area (Å²) < 4.78 is 28.4. The van der Waals surface area contributed by atoms with E-state index in [0.717, 1.165) is 11.2 Å². The molecule has 0 bridgehead atoms. The van der Waals surface area contributed by atoms with E-state index in [9.17, 15) is 4.79 Å². The molecule has 7 heteroatoms. The van der Waals surface area contributed by atoms with Crippen LogP contribution in [0, 0.1) is 0 Å². The minimum absolute atomic E-state index is 0.236. The molecule has 0 N–H and O–H groups in total. The van der Waals surface area contributed by atoms with Gasteiger partial charge in [0.15, 0.2) is 0 Å². The van der Waals surface area contributed by atoms with Gasteiger partial charge in [-0.15, -0.1) is 0 Å². The molecule has 0 unspecified atom stereocenters. The molecule has 156 valence electrons. The summed E-state index contributed by atoms with van der Waals surface area (Å²) in [6, 6.07) is 7.67. The Kier molecular flexibility index (Phi) is 7.18. The maximum Gasteiger partial charge on any atom is 0.494 e. The molecule has 1 aromatic carbocycles. The van der Waals surface area contributed by atoms with E-state index in [2.05, 4.69) is 0 Å². The summed E-state index contributed by atoms with van der Waals surface area (Å²) in [5.74, 6) is 0.489. The smallest absolute Gasteiger partial charge is 0.491 e. The summed E-state index contributed by atoms with van der Waals surface area (Å²) in [5.41, 5.74) is -0.223. The highest BCUT2D eigenvalue weighted by atomic mass is 16.7. The van der Waals surface area contributed by atoms with Gasteiger partial charge < -0.3 is 23.5 Å². The Morgan fingerprint density at radius 3 is 2.07 bits per heavy atom. The molecule has 0 radical (unpaired) electrons. The van der Waals surface area contributed by atoms with Crippen LogP contribution in [0.1, 0.15) is 54.9 Å². The number of esters is 1. The normalized spacial score (nSPS) is 18.2. The SMILES string of the molecule is CC(C)(C)OC(=O)CCOCCOc1ccc(B2OC(C)(C)C(C)(C)O2)cc1. The molecule has 1 aliphatic rings. The van der Waals surface area contributed by atoms with Crippen molar-refractivity contribution >= 4 is 18.6 Å². The van der Waals surface area contributed by atoms with Crippen LogP contribution in [0.2, 0.25) is 0 Å². The van der Waals surface area contributed by atoms with Crippen molar-refractivity contribution in [2.24, 2.45) is 0 Å². The molecule has 0 spiro atoms. The second-order valence-electron chi connectivity index (χ2n) is 8.95. The van der Waals surface area contributed by atoms with Crippen molar-refractivity contribution in [2.45, 2.75) is 71.7 Å². The van der Waals surface area contributed by atoms with E-state index < -0.39 is 5.60 Å². The molecule has 0 amide bonds. The first-order valence-corrected chi connectivity index (χ1v) is 9.78. The van der Waals surface area contributed by atoms with E-state index >= 15 is 0 Å². The molecule has 1 aromatic rings. The van der Waals surface area contributed by atoms with Gasteiger partial charge >= 0.3 is 13.1 Å². The van der Waals surface area contributed by atoms with E-state index in [4.69, 9.17) is 23.5 Å². The Balaban J connectivity index is 1.68. The zero-order valence-electron chi connectivity index (χ0n) is 18.2. The monoisotopic (exact) mass is 392 g/mol. The number of rotatable bonds is 8. The highest BCUT2D eigenvalue weighted by molar-refractivity contribution is 6.62. The Hall–Kier alpha value is -1.57. The third kappa shape index (κ3) is 6.50. The first-order chi connectivity index (χ1) is 12.9. The third-order valence-electron chi connectivity index (χ3n) is 4.77. The van der Waals surface area contributed by atoms with Crippen LogP contribution in [0.15, 0.2) is 24.3 Å². The predicted octanol–water partition coefficient (Wildman–Crippen LogP) is 3.11. The van der Waals surface area contributed by atoms with Gasteiger partial charge in [-0.2, -0.15) is 0 Å². The van der Waals surface area contributed by atoms with Gasteiger partial charge in [0.25, 0.3) is 0 Å². The first kappa shape index (κ1) is 22.7. The third-order valence-corrected chi connectivity index (χ3v) is 4.77. The number of carbonyl (C=O) groups is 1. The van der Waals surface area contributed by atoms with Crippen LogP contribution in [0.4, 0.5) is 0 Å². The average Bonchev–Trinajstić information content (AvgIpc) is 2.77. The number of hydrogen-bond donors (Lipinski definition) is 0. The highest BCUT2D eigenvalue weighted by Crippen LogP contribution is 2.36. The zero-order chi connectivity index (χ0) is 21.0. The Labute approximate surface area is 169 Å². The molecule has 0 atom stereocenters. The second-order valence-corrected chi connectivity index (χ2v) is 8.95. The van der Waals surface area contributed by atoms with Crippen molar-refractivity contribution in [1.82, 2.24) is 0 Å². The molecule has 0 saturated carbocycles. The molecule has 2 rings (SSSR count). The van der Waals surface area contributed by atoms with Gasteiger partial charge in [0, 0.05) is 0 Å². The van der Waals surface area contributed by atoms with Crippen LogP contribution in [-0.2, 0) is 23.6 Å². The Bertz CT molecular complexity index is 632. The lowest BCUT2D eigenvalue weighted by atomic mass is 9.79. The van der Waals surface area contributed by atoms with Gasteiger partial charge in [0.1, 0.15) is 18.0 Å². The van der Waals surface area contributed by atoms with Crippen molar-refractivity contribution in [2.75, 3.05) is 19.8 Å². The van der Waals surface area contributed by atoms with Gasteiger partial charge in [0.05, 0.1) is 30.8 Å². The molecule has 0 aromatic heterocycles. The lowest BCUT2D eigenvalue weighted by molar-refractivity contribution is -0.156. The van der Waals surface area contributed by atoms with Gasteiger partial charge in [-0.25, -0.2) is 0 Å². The number of ether oxygens (including phenoxy) is 3. The van der Waals surface area contributed by atoms with Gasteiger partial charge in [-0.05, 0) is 66.1 Å². The van der Waals surface area contributed by atoms with E-state index in [1.807, 2.05) is 72.7 Å². The minimum Gasteiger partial charge on any atom is -0.491 e. The maximum atomic E-state index is 11.6. The molecular weight excluding hydrogens is 359 g/mol. The van der Waals surface area contributed by atoms with E-state index in [1.54, 1.807) is 0 Å². The molecule has 1 saturated heterocycles. The van der Waals surface area contributed by atoms with Gasteiger partial charge in [0.2, 0.25) is 0 Å². The topological polar surface area (TPSA) is 63.2 Å². The molecular formula is C21H33BO6. The molecule has 1 fully saturated rings. The van der Waals surface area contributed by atoms with Crippen LogP contribution < -0.4 is 10.2 Å². The van der Waals surface area contributed by atoms with Crippen molar-refractivity contribution in [3.63, 3.8) is 0 Å². The van der Waals surface area contributed by atoms with E-state index in [-0.39, 0.29) is 30.7 Å². The standard InChI is InChI=1S/C21H33BO6/c1-19(2,3)26-18(23)12-13-24-14-15-25-17-10-8-16(9-11-17)22-27-20(4,5)21(6,7)28-22/h8-11H,12-15H2,1-7H3. The van der Waals surface area contributed by atoms with Crippen molar-refractivity contribution in [3.05, 3.63) is 24.3 Å².